The SMILES string of the molecule is Cc1ccc(CCC(=O)N2CCN(c3ccccc3)CC2)cc1. The van der Waals surface area contributed by atoms with E-state index in [4.69, 9.17) is 0 Å². The second kappa shape index (κ2) is 7.32. The Morgan fingerprint density at radius 1 is 0.913 bits per heavy atom. The molecule has 2 aromatic carbocycles. The molecule has 1 aliphatic rings. The summed E-state index contributed by atoms with van der Waals surface area (Å²) in [6, 6.07) is 18.9. The number of benzene rings is 2. The maximum atomic E-state index is 12.4. The number of amides is 1. The molecule has 3 rings (SSSR count). The van der Waals surface area contributed by atoms with Crippen LogP contribution in [0.15, 0.2) is 54.6 Å². The lowest BCUT2D eigenvalue weighted by Gasteiger charge is -2.36. The van der Waals surface area contributed by atoms with Gasteiger partial charge in [-0.25, -0.2) is 0 Å². The zero-order valence-corrected chi connectivity index (χ0v) is 13.7. The van der Waals surface area contributed by atoms with Crippen molar-refractivity contribution in [2.75, 3.05) is 31.1 Å². The van der Waals surface area contributed by atoms with Crippen molar-refractivity contribution in [2.24, 2.45) is 0 Å². The lowest BCUT2D eigenvalue weighted by atomic mass is 10.1. The highest BCUT2D eigenvalue weighted by atomic mass is 16.2. The second-order valence-corrected chi connectivity index (χ2v) is 6.19. The number of piperazine rings is 1. The largest absolute Gasteiger partial charge is 0.368 e. The van der Waals surface area contributed by atoms with E-state index in [0.717, 1.165) is 32.6 Å². The van der Waals surface area contributed by atoms with Gasteiger partial charge in [0.1, 0.15) is 0 Å². The first-order valence-electron chi connectivity index (χ1n) is 8.36. The molecule has 23 heavy (non-hydrogen) atoms. The minimum Gasteiger partial charge on any atom is -0.368 e. The summed E-state index contributed by atoms with van der Waals surface area (Å²) in [5.41, 5.74) is 3.75. The number of carbonyl (C=O) groups excluding carboxylic acids is 1. The molecule has 0 N–H and O–H groups in total. The van der Waals surface area contributed by atoms with Crippen LogP contribution in [-0.2, 0) is 11.2 Å². The standard InChI is InChI=1S/C20H24N2O/c1-17-7-9-18(10-8-17)11-12-20(23)22-15-13-21(14-16-22)19-5-3-2-4-6-19/h2-10H,11-16H2,1H3. The first-order chi connectivity index (χ1) is 11.2. The summed E-state index contributed by atoms with van der Waals surface area (Å²) >= 11 is 0. The molecule has 0 atom stereocenters. The van der Waals surface area contributed by atoms with Crippen LogP contribution in [0.1, 0.15) is 17.5 Å². The van der Waals surface area contributed by atoms with Gasteiger partial charge >= 0.3 is 0 Å². The second-order valence-electron chi connectivity index (χ2n) is 6.19. The van der Waals surface area contributed by atoms with Crippen molar-refractivity contribution >= 4 is 11.6 Å². The number of rotatable bonds is 4. The van der Waals surface area contributed by atoms with Crippen LogP contribution < -0.4 is 4.90 Å². The van der Waals surface area contributed by atoms with Gasteiger partial charge < -0.3 is 9.80 Å². The monoisotopic (exact) mass is 308 g/mol. The van der Waals surface area contributed by atoms with Crippen molar-refractivity contribution in [3.63, 3.8) is 0 Å². The maximum absolute atomic E-state index is 12.4. The third kappa shape index (κ3) is 4.13. The van der Waals surface area contributed by atoms with E-state index in [9.17, 15) is 4.79 Å². The zero-order valence-electron chi connectivity index (χ0n) is 13.7. The molecule has 0 aromatic heterocycles. The van der Waals surface area contributed by atoms with E-state index in [-0.39, 0.29) is 5.91 Å². The molecular formula is C20H24N2O. The molecule has 3 heteroatoms. The van der Waals surface area contributed by atoms with Crippen molar-refractivity contribution in [2.45, 2.75) is 19.8 Å². The van der Waals surface area contributed by atoms with Gasteiger partial charge in [-0.15, -0.1) is 0 Å². The topological polar surface area (TPSA) is 23.6 Å². The molecule has 0 spiro atoms. The van der Waals surface area contributed by atoms with E-state index in [1.807, 2.05) is 11.0 Å². The van der Waals surface area contributed by atoms with Crippen molar-refractivity contribution in [3.05, 3.63) is 65.7 Å². The molecular weight excluding hydrogens is 284 g/mol. The average molecular weight is 308 g/mol. The Bertz CT molecular complexity index is 628. The molecule has 1 aliphatic heterocycles. The number of aryl methyl sites for hydroxylation is 2. The first-order valence-corrected chi connectivity index (χ1v) is 8.36. The smallest absolute Gasteiger partial charge is 0.223 e. The predicted octanol–water partition coefficient (Wildman–Crippen LogP) is 3.28. The molecule has 3 nitrogen and oxygen atoms in total. The Balaban J connectivity index is 1.47. The molecule has 0 bridgehead atoms. The van der Waals surface area contributed by atoms with Crippen LogP contribution in [0.5, 0.6) is 0 Å². The van der Waals surface area contributed by atoms with Gasteiger partial charge in [0.2, 0.25) is 5.91 Å². The van der Waals surface area contributed by atoms with Crippen molar-refractivity contribution in [3.8, 4) is 0 Å². The predicted molar refractivity (Wildman–Crippen MR) is 94.7 cm³/mol. The fourth-order valence-electron chi connectivity index (χ4n) is 3.02. The van der Waals surface area contributed by atoms with Crippen LogP contribution in [0.25, 0.3) is 0 Å². The van der Waals surface area contributed by atoms with Crippen molar-refractivity contribution in [1.82, 2.24) is 4.90 Å². The van der Waals surface area contributed by atoms with E-state index in [1.54, 1.807) is 0 Å². The number of carbonyl (C=O) groups is 1. The van der Waals surface area contributed by atoms with Crippen LogP contribution in [-0.4, -0.2) is 37.0 Å². The van der Waals surface area contributed by atoms with Gasteiger partial charge in [0.25, 0.3) is 0 Å². The fourth-order valence-corrected chi connectivity index (χ4v) is 3.02. The van der Waals surface area contributed by atoms with Gasteiger partial charge in [0, 0.05) is 38.3 Å². The summed E-state index contributed by atoms with van der Waals surface area (Å²) < 4.78 is 0. The molecule has 120 valence electrons. The van der Waals surface area contributed by atoms with Gasteiger partial charge in [-0.05, 0) is 31.0 Å². The van der Waals surface area contributed by atoms with E-state index in [1.165, 1.54) is 16.8 Å². The number of anilines is 1. The van der Waals surface area contributed by atoms with E-state index in [0.29, 0.717) is 6.42 Å². The lowest BCUT2D eigenvalue weighted by molar-refractivity contribution is -0.131. The molecule has 1 fully saturated rings. The molecule has 1 heterocycles. The molecule has 0 radical (unpaired) electrons. The van der Waals surface area contributed by atoms with Gasteiger partial charge in [0.15, 0.2) is 0 Å². The fraction of sp³-hybridized carbons (Fsp3) is 0.350. The van der Waals surface area contributed by atoms with Gasteiger partial charge in [0.05, 0.1) is 0 Å². The Morgan fingerprint density at radius 3 is 2.22 bits per heavy atom. The maximum Gasteiger partial charge on any atom is 0.223 e. The summed E-state index contributed by atoms with van der Waals surface area (Å²) in [5.74, 6) is 0.276. The Kier molecular flexibility index (Phi) is 4.96. The summed E-state index contributed by atoms with van der Waals surface area (Å²) in [4.78, 5) is 16.7. The molecule has 0 unspecified atom stereocenters. The van der Waals surface area contributed by atoms with Crippen molar-refractivity contribution < 1.29 is 4.79 Å². The highest BCUT2D eigenvalue weighted by Gasteiger charge is 2.20. The highest BCUT2D eigenvalue weighted by Crippen LogP contribution is 2.16. The Morgan fingerprint density at radius 2 is 1.57 bits per heavy atom. The number of para-hydroxylation sites is 1. The van der Waals surface area contributed by atoms with Crippen LogP contribution in [0.4, 0.5) is 5.69 Å². The van der Waals surface area contributed by atoms with E-state index < -0.39 is 0 Å². The van der Waals surface area contributed by atoms with Crippen LogP contribution in [0.2, 0.25) is 0 Å². The third-order valence-electron chi connectivity index (χ3n) is 4.50. The quantitative estimate of drug-likeness (QED) is 0.865. The molecule has 1 amide bonds. The van der Waals surface area contributed by atoms with Gasteiger partial charge in [-0.1, -0.05) is 48.0 Å². The van der Waals surface area contributed by atoms with Crippen molar-refractivity contribution in [1.29, 1.82) is 0 Å². The highest BCUT2D eigenvalue weighted by molar-refractivity contribution is 5.76. The van der Waals surface area contributed by atoms with Crippen LogP contribution in [0.3, 0.4) is 0 Å². The summed E-state index contributed by atoms with van der Waals surface area (Å²) in [7, 11) is 0. The average Bonchev–Trinajstić information content (AvgIpc) is 2.62. The van der Waals surface area contributed by atoms with Crippen LogP contribution >= 0.6 is 0 Å². The zero-order chi connectivity index (χ0) is 16.1. The Hall–Kier alpha value is -2.29. The van der Waals surface area contributed by atoms with Crippen LogP contribution in [0, 0.1) is 6.92 Å². The molecule has 1 saturated heterocycles. The minimum atomic E-state index is 0.276. The number of nitrogens with zero attached hydrogens (tertiary/aromatic N) is 2. The van der Waals surface area contributed by atoms with E-state index >= 15 is 0 Å². The minimum absolute atomic E-state index is 0.276. The summed E-state index contributed by atoms with van der Waals surface area (Å²) in [6.45, 7) is 5.56. The lowest BCUT2D eigenvalue weighted by Crippen LogP contribution is -2.48. The molecule has 2 aromatic rings. The number of hydrogen-bond donors (Lipinski definition) is 0. The van der Waals surface area contributed by atoms with Gasteiger partial charge in [-0.2, -0.15) is 0 Å². The van der Waals surface area contributed by atoms with E-state index in [2.05, 4.69) is 60.4 Å². The summed E-state index contributed by atoms with van der Waals surface area (Å²) in [6.07, 6.45) is 1.44. The summed E-state index contributed by atoms with van der Waals surface area (Å²) in [5, 5.41) is 0. The molecule has 0 saturated carbocycles. The first kappa shape index (κ1) is 15.6. The molecule has 0 aliphatic carbocycles. The number of hydrogen-bond acceptors (Lipinski definition) is 2. The normalized spacial score (nSPS) is 14.8. The Labute approximate surface area is 138 Å². The van der Waals surface area contributed by atoms with Gasteiger partial charge in [-0.3, -0.25) is 4.79 Å². The third-order valence-corrected chi connectivity index (χ3v) is 4.50.